The number of carboxylic acids is 1. The smallest absolute Gasteiger partial charge is 0.371 e. The molecule has 0 saturated heterocycles. The summed E-state index contributed by atoms with van der Waals surface area (Å²) in [4.78, 5) is 21.5. The Balaban J connectivity index is 2.01. The predicted molar refractivity (Wildman–Crippen MR) is 68.2 cm³/mol. The molecule has 106 valence electrons. The molecule has 0 aliphatic heterocycles. The van der Waals surface area contributed by atoms with E-state index in [-0.39, 0.29) is 22.5 Å². The second-order valence-electron chi connectivity index (χ2n) is 3.83. The van der Waals surface area contributed by atoms with Crippen LogP contribution in [0.1, 0.15) is 10.6 Å². The number of nitro groups is 1. The molecule has 9 nitrogen and oxygen atoms in total. The molecule has 0 fully saturated rings. The molecule has 0 unspecified atom stereocenters. The third-order valence-corrected chi connectivity index (χ3v) is 3.53. The highest BCUT2D eigenvalue weighted by Gasteiger charge is 2.21. The van der Waals surface area contributed by atoms with Gasteiger partial charge in [0.25, 0.3) is 0 Å². The summed E-state index contributed by atoms with van der Waals surface area (Å²) in [7, 11) is 0. The van der Waals surface area contributed by atoms with Gasteiger partial charge in [0.2, 0.25) is 11.3 Å². The van der Waals surface area contributed by atoms with Crippen molar-refractivity contribution in [3.63, 3.8) is 0 Å². The van der Waals surface area contributed by atoms with Crippen LogP contribution in [0.15, 0.2) is 43.3 Å². The predicted octanol–water partition coefficient (Wildman–Crippen LogP) is 2.57. The van der Waals surface area contributed by atoms with Crippen LogP contribution in [0.3, 0.4) is 0 Å². The van der Waals surface area contributed by atoms with E-state index in [4.69, 9.17) is 9.52 Å². The van der Waals surface area contributed by atoms with E-state index >= 15 is 0 Å². The highest BCUT2D eigenvalue weighted by atomic mass is 32.2. The number of hydrogen-bond acceptors (Lipinski definition) is 8. The van der Waals surface area contributed by atoms with Gasteiger partial charge in [-0.15, -0.1) is 0 Å². The first-order valence-corrected chi connectivity index (χ1v) is 6.28. The van der Waals surface area contributed by atoms with Gasteiger partial charge >= 0.3 is 11.7 Å². The van der Waals surface area contributed by atoms with Crippen LogP contribution >= 0.6 is 11.8 Å². The minimum Gasteiger partial charge on any atom is -0.475 e. The third kappa shape index (κ3) is 2.31. The Morgan fingerprint density at radius 2 is 2.00 bits per heavy atom. The van der Waals surface area contributed by atoms with Gasteiger partial charge in [0.05, 0.1) is 4.92 Å². The van der Waals surface area contributed by atoms with Crippen LogP contribution in [0.4, 0.5) is 5.69 Å². The van der Waals surface area contributed by atoms with Crippen LogP contribution in [0, 0.1) is 10.1 Å². The van der Waals surface area contributed by atoms with Crippen molar-refractivity contribution in [2.75, 3.05) is 0 Å². The summed E-state index contributed by atoms with van der Waals surface area (Å²) < 4.78 is 9.64. The average Bonchev–Trinajstić information content (AvgIpc) is 3.06. The van der Waals surface area contributed by atoms with Crippen molar-refractivity contribution < 1.29 is 23.9 Å². The van der Waals surface area contributed by atoms with Crippen molar-refractivity contribution in [2.45, 2.75) is 9.99 Å². The summed E-state index contributed by atoms with van der Waals surface area (Å²) >= 11 is 1.07. The molecular weight excluding hydrogens is 302 g/mol. The molecule has 0 spiro atoms. The van der Waals surface area contributed by atoms with Crippen molar-refractivity contribution in [3.8, 4) is 0 Å². The van der Waals surface area contributed by atoms with E-state index in [1.165, 1.54) is 24.3 Å². The number of rotatable bonds is 4. The molecular formula is C11H5N3O6S. The van der Waals surface area contributed by atoms with E-state index in [9.17, 15) is 14.9 Å². The maximum atomic E-state index is 10.9. The molecule has 2 heterocycles. The molecule has 0 bridgehead atoms. The first-order chi connectivity index (χ1) is 10.1. The molecule has 21 heavy (non-hydrogen) atoms. The highest BCUT2D eigenvalue weighted by molar-refractivity contribution is 7.99. The number of hydrogen-bond donors (Lipinski definition) is 1. The van der Waals surface area contributed by atoms with Gasteiger partial charge < -0.3 is 9.52 Å². The zero-order chi connectivity index (χ0) is 15.0. The largest absolute Gasteiger partial charge is 0.475 e. The van der Waals surface area contributed by atoms with Crippen LogP contribution in [-0.4, -0.2) is 26.3 Å². The average molecular weight is 307 g/mol. The number of carbonyl (C=O) groups is 1. The zero-order valence-corrected chi connectivity index (χ0v) is 10.9. The van der Waals surface area contributed by atoms with Crippen molar-refractivity contribution in [1.82, 2.24) is 10.3 Å². The second-order valence-corrected chi connectivity index (χ2v) is 4.87. The van der Waals surface area contributed by atoms with Gasteiger partial charge in [-0.25, -0.2) is 9.42 Å². The van der Waals surface area contributed by atoms with E-state index in [1.807, 2.05) is 0 Å². The van der Waals surface area contributed by atoms with Crippen molar-refractivity contribution >= 4 is 34.5 Å². The second kappa shape index (κ2) is 4.90. The molecule has 0 saturated carbocycles. The molecule has 1 N–H and O–H groups in total. The lowest BCUT2D eigenvalue weighted by atomic mass is 10.3. The Labute approximate surface area is 119 Å². The van der Waals surface area contributed by atoms with Crippen LogP contribution in [0.5, 0.6) is 0 Å². The third-order valence-electron chi connectivity index (χ3n) is 2.56. The first-order valence-electron chi connectivity index (χ1n) is 5.47. The van der Waals surface area contributed by atoms with Crippen LogP contribution in [0.2, 0.25) is 0 Å². The molecule has 0 atom stereocenters. The lowest BCUT2D eigenvalue weighted by Gasteiger charge is -1.98. The van der Waals surface area contributed by atoms with Gasteiger partial charge in [-0.05, 0) is 40.3 Å². The number of nitro benzene ring substituents is 1. The number of benzene rings is 1. The minimum atomic E-state index is -1.18. The van der Waals surface area contributed by atoms with Gasteiger partial charge in [0.15, 0.2) is 10.6 Å². The maximum absolute atomic E-state index is 10.9. The number of aromatic carboxylic acids is 1. The fraction of sp³-hybridized carbons (Fsp3) is 0. The molecule has 10 heteroatoms. The van der Waals surface area contributed by atoms with Crippen LogP contribution in [0.25, 0.3) is 11.0 Å². The molecule has 0 radical (unpaired) electrons. The SMILES string of the molecule is O=C(O)c1ccc(Sc2ccc([N+](=O)[O-])c3nonc23)o1. The maximum Gasteiger partial charge on any atom is 0.371 e. The summed E-state index contributed by atoms with van der Waals surface area (Å²) in [6.45, 7) is 0. The monoisotopic (exact) mass is 307 g/mol. The standard InChI is InChI=1S/C11H5N3O6S/c15-11(16)6-2-4-8(19-6)21-7-3-1-5(14(17)18)9-10(7)13-20-12-9/h1-4H,(H,15,16). The van der Waals surface area contributed by atoms with Gasteiger partial charge in [0, 0.05) is 11.0 Å². The molecule has 0 aliphatic rings. The van der Waals surface area contributed by atoms with E-state index < -0.39 is 10.9 Å². The summed E-state index contributed by atoms with van der Waals surface area (Å²) in [5.74, 6) is -1.38. The Bertz CT molecular complexity index is 855. The summed E-state index contributed by atoms with van der Waals surface area (Å²) in [6, 6.07) is 5.54. The normalized spacial score (nSPS) is 10.9. The lowest BCUT2D eigenvalue weighted by Crippen LogP contribution is -1.91. The number of aromatic nitrogens is 2. The minimum absolute atomic E-state index is 0.0232. The summed E-state index contributed by atoms with van der Waals surface area (Å²) in [6.07, 6.45) is 0. The van der Waals surface area contributed by atoms with E-state index in [0.29, 0.717) is 9.99 Å². The number of non-ortho nitro benzene ring substituents is 1. The van der Waals surface area contributed by atoms with Crippen molar-refractivity contribution in [3.05, 3.63) is 40.1 Å². The summed E-state index contributed by atoms with van der Waals surface area (Å²) in [5.41, 5.74) is 0.0127. The number of furan rings is 1. The molecule has 1 aromatic carbocycles. The van der Waals surface area contributed by atoms with Gasteiger partial charge in [-0.2, -0.15) is 0 Å². The molecule has 3 rings (SSSR count). The Kier molecular flexibility index (Phi) is 3.06. The van der Waals surface area contributed by atoms with Crippen molar-refractivity contribution in [1.29, 1.82) is 0 Å². The fourth-order valence-corrected chi connectivity index (χ4v) is 2.51. The van der Waals surface area contributed by atoms with Crippen molar-refractivity contribution in [2.24, 2.45) is 0 Å². The topological polar surface area (TPSA) is 132 Å². The number of nitrogens with zero attached hydrogens (tertiary/aromatic N) is 3. The molecule has 0 aliphatic carbocycles. The molecule has 3 aromatic rings. The number of fused-ring (bicyclic) bond motifs is 1. The lowest BCUT2D eigenvalue weighted by molar-refractivity contribution is -0.383. The highest BCUT2D eigenvalue weighted by Crippen LogP contribution is 2.36. The molecule has 0 amide bonds. The van der Waals surface area contributed by atoms with Crippen LogP contribution < -0.4 is 0 Å². The van der Waals surface area contributed by atoms with E-state index in [1.54, 1.807) is 0 Å². The fourth-order valence-electron chi connectivity index (χ4n) is 1.66. The van der Waals surface area contributed by atoms with Gasteiger partial charge in [-0.3, -0.25) is 10.1 Å². The van der Waals surface area contributed by atoms with Gasteiger partial charge in [0.1, 0.15) is 0 Å². The summed E-state index contributed by atoms with van der Waals surface area (Å²) in [5, 5.41) is 27.1. The Hall–Kier alpha value is -2.88. The number of carboxylic acid groups (broad SMARTS) is 1. The van der Waals surface area contributed by atoms with E-state index in [0.717, 1.165) is 11.8 Å². The Morgan fingerprint density at radius 1 is 1.24 bits per heavy atom. The quantitative estimate of drug-likeness (QED) is 0.570. The van der Waals surface area contributed by atoms with Crippen LogP contribution in [-0.2, 0) is 0 Å². The zero-order valence-electron chi connectivity index (χ0n) is 10.0. The Morgan fingerprint density at radius 3 is 2.67 bits per heavy atom. The first kappa shape index (κ1) is 13.1. The van der Waals surface area contributed by atoms with E-state index in [2.05, 4.69) is 14.9 Å². The molecule has 2 aromatic heterocycles. The van der Waals surface area contributed by atoms with Gasteiger partial charge in [-0.1, -0.05) is 0 Å².